The van der Waals surface area contributed by atoms with Crippen LogP contribution in [0.1, 0.15) is 81.1 Å². The quantitative estimate of drug-likeness (QED) is 0.195. The summed E-state index contributed by atoms with van der Waals surface area (Å²) in [4.78, 5) is 21.0. The Labute approximate surface area is 245 Å². The maximum Gasteiger partial charge on any atom is 0.401 e. The van der Waals surface area contributed by atoms with Crippen LogP contribution in [0.25, 0.3) is 0 Å². The molecule has 0 saturated carbocycles. The molecule has 0 spiro atoms. The van der Waals surface area contributed by atoms with E-state index in [9.17, 15) is 18.0 Å². The number of pyridine rings is 1. The van der Waals surface area contributed by atoms with Gasteiger partial charge in [-0.25, -0.2) is 4.68 Å². The Morgan fingerprint density at radius 3 is 2.49 bits per heavy atom. The minimum Gasteiger partial charge on any atom is -0.381 e. The second-order valence-electron chi connectivity index (χ2n) is 11.0. The van der Waals surface area contributed by atoms with Crippen molar-refractivity contribution in [2.45, 2.75) is 82.3 Å². The first-order chi connectivity index (χ1) is 19.7. The van der Waals surface area contributed by atoms with Gasteiger partial charge in [0.05, 0.1) is 35.5 Å². The number of halogens is 4. The zero-order valence-corrected chi connectivity index (χ0v) is 24.5. The molecule has 13 heteroatoms. The summed E-state index contributed by atoms with van der Waals surface area (Å²) >= 11 is 6.69. The smallest absolute Gasteiger partial charge is 0.381 e. The van der Waals surface area contributed by atoms with Gasteiger partial charge in [-0.3, -0.25) is 14.7 Å². The highest BCUT2D eigenvalue weighted by Crippen LogP contribution is 2.36. The number of aromatic nitrogens is 3. The average molecular weight is 599 g/mol. The van der Waals surface area contributed by atoms with Crippen molar-refractivity contribution in [1.29, 1.82) is 0 Å². The van der Waals surface area contributed by atoms with Crippen LogP contribution in [0.15, 0.2) is 18.5 Å². The largest absolute Gasteiger partial charge is 0.401 e. The lowest BCUT2D eigenvalue weighted by atomic mass is 10.0. The number of alkyl halides is 4. The molecule has 228 valence electrons. The summed E-state index contributed by atoms with van der Waals surface area (Å²) < 4.78 is 40.2. The fourth-order valence-corrected chi connectivity index (χ4v) is 6.01. The third kappa shape index (κ3) is 8.41. The van der Waals surface area contributed by atoms with Gasteiger partial charge in [-0.05, 0) is 12.5 Å². The molecule has 1 saturated heterocycles. The monoisotopic (exact) mass is 598 g/mol. The Bertz CT molecular complexity index is 1140. The number of hydrogen-bond acceptors (Lipinski definition) is 7. The lowest BCUT2D eigenvalue weighted by molar-refractivity contribution is -0.146. The Balaban J connectivity index is 1.39. The van der Waals surface area contributed by atoms with Crippen LogP contribution in [0.5, 0.6) is 0 Å². The molecule has 2 unspecified atom stereocenters. The van der Waals surface area contributed by atoms with E-state index < -0.39 is 18.6 Å². The number of carbonyl (C=O) groups excluding carboxylic acids is 1. The molecule has 2 aromatic heterocycles. The van der Waals surface area contributed by atoms with Gasteiger partial charge in [-0.15, -0.1) is 11.6 Å². The van der Waals surface area contributed by atoms with Crippen LogP contribution in [0.3, 0.4) is 0 Å². The summed E-state index contributed by atoms with van der Waals surface area (Å²) in [5.74, 6) is 0.232. The molecule has 4 heterocycles. The van der Waals surface area contributed by atoms with Crippen LogP contribution in [0, 0.1) is 0 Å². The van der Waals surface area contributed by atoms with Gasteiger partial charge in [0.2, 0.25) is 0 Å². The first-order valence-corrected chi connectivity index (χ1v) is 15.2. The van der Waals surface area contributed by atoms with Crippen molar-refractivity contribution >= 4 is 40.5 Å². The lowest BCUT2D eigenvalue weighted by Crippen LogP contribution is -2.49. The molecule has 0 aromatic carbocycles. The number of nitrogens with one attached hydrogen (secondary N) is 2. The fourth-order valence-electron chi connectivity index (χ4n) is 5.70. The number of fused-ring (bicyclic) bond motifs is 1. The summed E-state index contributed by atoms with van der Waals surface area (Å²) in [6, 6.07) is 1.68. The molecule has 2 atom stereocenters. The van der Waals surface area contributed by atoms with Crippen LogP contribution in [-0.2, 0) is 0 Å². The van der Waals surface area contributed by atoms with Gasteiger partial charge in [-0.2, -0.15) is 18.3 Å². The molecular formula is C28H42ClF3N8O. The molecule has 4 N–H and O–H groups in total. The lowest BCUT2D eigenvalue weighted by Gasteiger charge is -2.37. The molecule has 2 aromatic rings. The molecule has 0 bridgehead atoms. The second kappa shape index (κ2) is 14.4. The molecule has 41 heavy (non-hydrogen) atoms. The maximum atomic E-state index is 13.5. The molecule has 2 aliphatic heterocycles. The highest BCUT2D eigenvalue weighted by molar-refractivity contribution is 6.21. The number of rotatable bonds is 13. The van der Waals surface area contributed by atoms with Gasteiger partial charge in [-0.1, -0.05) is 58.3 Å². The molecule has 4 rings (SSSR count). The van der Waals surface area contributed by atoms with Crippen molar-refractivity contribution in [3.05, 3.63) is 24.0 Å². The van der Waals surface area contributed by atoms with Crippen LogP contribution >= 0.6 is 11.6 Å². The number of nitrogens with two attached hydrogens (primary N) is 1. The van der Waals surface area contributed by atoms with Crippen molar-refractivity contribution in [3.63, 3.8) is 0 Å². The maximum absolute atomic E-state index is 13.5. The number of anilines is 4. The molecule has 2 aliphatic rings. The standard InChI is InChI=1S/C28H42ClF3N8O/c1-2-3-4-5-6-7-8-9-10-22-20(29)17-35-26-24(25(33)37-40(22)26)27(41)36-21-18-34-12-11-23(21)39-15-13-38(14-16-39)19-28(30,31)32/h11-12,18,20,22,35H,2-10,13-17,19H2,1H3,(H2,33,37)(H,36,41). The van der Waals surface area contributed by atoms with E-state index in [0.29, 0.717) is 36.8 Å². The van der Waals surface area contributed by atoms with Crippen LogP contribution in [0.4, 0.5) is 36.2 Å². The molecule has 0 aliphatic carbocycles. The molecule has 1 fully saturated rings. The van der Waals surface area contributed by atoms with Crippen LogP contribution in [0.2, 0.25) is 0 Å². The minimum atomic E-state index is -4.23. The first-order valence-electron chi connectivity index (χ1n) is 14.7. The van der Waals surface area contributed by atoms with Gasteiger partial charge >= 0.3 is 6.18 Å². The Kier molecular flexibility index (Phi) is 11.0. The first kappa shape index (κ1) is 31.2. The molecule has 0 radical (unpaired) electrons. The summed E-state index contributed by atoms with van der Waals surface area (Å²) in [6.07, 6.45) is 9.50. The zero-order valence-electron chi connectivity index (χ0n) is 23.7. The third-order valence-electron chi connectivity index (χ3n) is 7.88. The Morgan fingerprint density at radius 2 is 1.80 bits per heavy atom. The van der Waals surface area contributed by atoms with E-state index in [0.717, 1.165) is 19.3 Å². The van der Waals surface area contributed by atoms with E-state index in [-0.39, 0.29) is 35.9 Å². The van der Waals surface area contributed by atoms with Crippen molar-refractivity contribution in [2.75, 3.05) is 60.5 Å². The van der Waals surface area contributed by atoms with Gasteiger partial charge < -0.3 is 21.3 Å². The summed E-state index contributed by atoms with van der Waals surface area (Å²) in [5, 5.41) is 10.5. The molecule has 9 nitrogen and oxygen atoms in total. The number of nitrogen functional groups attached to an aromatic ring is 1. The fraction of sp³-hybridized carbons (Fsp3) is 0.679. The number of hydrogen-bond donors (Lipinski definition) is 3. The molecular weight excluding hydrogens is 557 g/mol. The van der Waals surface area contributed by atoms with Crippen LogP contribution in [-0.4, -0.2) is 76.4 Å². The summed E-state index contributed by atoms with van der Waals surface area (Å²) in [5.41, 5.74) is 7.67. The highest BCUT2D eigenvalue weighted by atomic mass is 35.5. The number of piperazine rings is 1. The SMILES string of the molecule is CCCCCCCCCCC1C(Cl)CNc2c(C(=O)Nc3cnccc3N3CCN(CC(F)(F)F)CC3)c(N)nn21. The second-order valence-corrected chi connectivity index (χ2v) is 11.6. The normalized spacial score (nSPS) is 19.6. The Morgan fingerprint density at radius 1 is 1.12 bits per heavy atom. The van der Waals surface area contributed by atoms with Gasteiger partial charge in [0, 0.05) is 38.9 Å². The van der Waals surface area contributed by atoms with Crippen molar-refractivity contribution in [3.8, 4) is 0 Å². The van der Waals surface area contributed by atoms with E-state index in [1.165, 1.54) is 49.6 Å². The number of unbranched alkanes of at least 4 members (excludes halogenated alkanes) is 7. The van der Waals surface area contributed by atoms with Gasteiger partial charge in [0.25, 0.3) is 5.91 Å². The van der Waals surface area contributed by atoms with E-state index in [1.54, 1.807) is 16.9 Å². The van der Waals surface area contributed by atoms with Gasteiger partial charge in [0.15, 0.2) is 5.82 Å². The number of amides is 1. The highest BCUT2D eigenvalue weighted by Gasteiger charge is 2.35. The van der Waals surface area contributed by atoms with E-state index >= 15 is 0 Å². The Hall–Kier alpha value is -2.73. The zero-order chi connectivity index (χ0) is 29.4. The predicted octanol–water partition coefficient (Wildman–Crippen LogP) is 5.90. The predicted molar refractivity (Wildman–Crippen MR) is 158 cm³/mol. The third-order valence-corrected chi connectivity index (χ3v) is 8.32. The van der Waals surface area contributed by atoms with Crippen molar-refractivity contribution < 1.29 is 18.0 Å². The number of carbonyl (C=O) groups is 1. The van der Waals surface area contributed by atoms with Crippen LogP contribution < -0.4 is 21.3 Å². The van der Waals surface area contributed by atoms with E-state index in [1.807, 2.05) is 4.90 Å². The van der Waals surface area contributed by atoms with E-state index in [4.69, 9.17) is 17.3 Å². The number of nitrogens with zero attached hydrogens (tertiary/aromatic N) is 5. The average Bonchev–Trinajstić information content (AvgIpc) is 3.27. The van der Waals surface area contributed by atoms with Crippen molar-refractivity contribution in [1.82, 2.24) is 19.7 Å². The summed E-state index contributed by atoms with van der Waals surface area (Å²) in [7, 11) is 0. The minimum absolute atomic E-state index is 0.0706. The topological polar surface area (TPSA) is 104 Å². The van der Waals surface area contributed by atoms with Gasteiger partial charge in [0.1, 0.15) is 11.4 Å². The van der Waals surface area contributed by atoms with Crippen molar-refractivity contribution in [2.24, 2.45) is 0 Å². The summed E-state index contributed by atoms with van der Waals surface area (Å²) in [6.45, 7) is 3.11. The van der Waals surface area contributed by atoms with E-state index in [2.05, 4.69) is 27.6 Å². The molecule has 1 amide bonds.